The Kier molecular flexibility index (Phi) is 2.36. The first kappa shape index (κ1) is 9.72. The lowest BCUT2D eigenvalue weighted by atomic mass is 9.83. The fourth-order valence-corrected chi connectivity index (χ4v) is 2.35. The Labute approximate surface area is 85.8 Å². The molecule has 1 aromatic rings. The Morgan fingerprint density at radius 1 is 1.14 bits per heavy atom. The van der Waals surface area contributed by atoms with Crippen molar-refractivity contribution in [2.45, 2.75) is 45.1 Å². The molecule has 0 aromatic heterocycles. The molecule has 0 heterocycles. The minimum atomic E-state index is -0.692. The summed E-state index contributed by atoms with van der Waals surface area (Å²) in [5.41, 5.74) is 3.26. The lowest BCUT2D eigenvalue weighted by Crippen LogP contribution is -2.20. The number of rotatable bonds is 1. The predicted molar refractivity (Wildman–Crippen MR) is 58.3 cm³/mol. The molecule has 0 unspecified atom stereocenters. The number of hydrogen-bond donors (Lipinski definition) is 1. The Bertz CT molecular complexity index is 334. The third-order valence-corrected chi connectivity index (χ3v) is 3.06. The molecule has 1 heteroatoms. The molecule has 0 atom stereocenters. The highest BCUT2D eigenvalue weighted by Gasteiger charge is 2.22. The Morgan fingerprint density at radius 2 is 1.86 bits per heavy atom. The van der Waals surface area contributed by atoms with Gasteiger partial charge in [0, 0.05) is 0 Å². The maximum atomic E-state index is 10.0. The molecule has 76 valence electrons. The second-order valence-corrected chi connectivity index (χ2v) is 4.71. The summed E-state index contributed by atoms with van der Waals surface area (Å²) in [6, 6.07) is 6.32. The van der Waals surface area contributed by atoms with E-state index in [2.05, 4.69) is 18.2 Å². The molecule has 1 nitrogen and oxygen atoms in total. The monoisotopic (exact) mass is 190 g/mol. The molecule has 14 heavy (non-hydrogen) atoms. The van der Waals surface area contributed by atoms with E-state index in [1.54, 1.807) is 0 Å². The fourth-order valence-electron chi connectivity index (χ4n) is 2.35. The van der Waals surface area contributed by atoms with Gasteiger partial charge in [-0.05, 0) is 56.2 Å². The van der Waals surface area contributed by atoms with Gasteiger partial charge in [-0.1, -0.05) is 18.2 Å². The second kappa shape index (κ2) is 3.39. The summed E-state index contributed by atoms with van der Waals surface area (Å²) in [4.78, 5) is 0. The van der Waals surface area contributed by atoms with Crippen LogP contribution in [-0.4, -0.2) is 5.11 Å². The van der Waals surface area contributed by atoms with Gasteiger partial charge in [-0.2, -0.15) is 0 Å². The highest BCUT2D eigenvalue weighted by molar-refractivity contribution is 5.39. The summed E-state index contributed by atoms with van der Waals surface area (Å²) in [7, 11) is 0. The summed E-state index contributed by atoms with van der Waals surface area (Å²) in [6.45, 7) is 3.74. The van der Waals surface area contributed by atoms with E-state index in [9.17, 15) is 5.11 Å². The average molecular weight is 190 g/mol. The molecule has 1 aliphatic rings. The minimum Gasteiger partial charge on any atom is -0.386 e. The zero-order valence-electron chi connectivity index (χ0n) is 9.01. The number of aliphatic hydroxyl groups is 1. The molecule has 0 saturated heterocycles. The molecule has 1 aliphatic carbocycles. The molecule has 1 N–H and O–H groups in total. The highest BCUT2D eigenvalue weighted by Crippen LogP contribution is 2.30. The van der Waals surface area contributed by atoms with Crippen molar-refractivity contribution in [2.24, 2.45) is 0 Å². The van der Waals surface area contributed by atoms with Gasteiger partial charge >= 0.3 is 0 Å². The van der Waals surface area contributed by atoms with Crippen LogP contribution >= 0.6 is 0 Å². The summed E-state index contributed by atoms with van der Waals surface area (Å²) >= 11 is 0. The maximum Gasteiger partial charge on any atom is 0.0843 e. The van der Waals surface area contributed by atoms with Crippen LogP contribution in [0.15, 0.2) is 18.2 Å². The van der Waals surface area contributed by atoms with Gasteiger partial charge in [-0.3, -0.25) is 0 Å². The van der Waals surface area contributed by atoms with Gasteiger partial charge < -0.3 is 5.11 Å². The zero-order chi connectivity index (χ0) is 10.2. The molecule has 0 spiro atoms. The number of hydrogen-bond acceptors (Lipinski definition) is 1. The summed E-state index contributed by atoms with van der Waals surface area (Å²) in [5, 5.41) is 10.0. The van der Waals surface area contributed by atoms with E-state index in [4.69, 9.17) is 0 Å². The topological polar surface area (TPSA) is 20.2 Å². The van der Waals surface area contributed by atoms with Crippen molar-refractivity contribution in [1.29, 1.82) is 0 Å². The van der Waals surface area contributed by atoms with Gasteiger partial charge in [0.1, 0.15) is 0 Å². The van der Waals surface area contributed by atoms with Crippen molar-refractivity contribution < 1.29 is 5.11 Å². The SMILES string of the molecule is CC(C)(O)c1cccc2c1CCCC2. The first-order chi connectivity index (χ1) is 6.59. The van der Waals surface area contributed by atoms with Crippen LogP contribution in [0.3, 0.4) is 0 Å². The minimum absolute atomic E-state index is 0.692. The van der Waals surface area contributed by atoms with Gasteiger partial charge in [0.05, 0.1) is 5.60 Å². The van der Waals surface area contributed by atoms with Crippen molar-refractivity contribution in [2.75, 3.05) is 0 Å². The van der Waals surface area contributed by atoms with E-state index < -0.39 is 5.60 Å². The van der Waals surface area contributed by atoms with Crippen molar-refractivity contribution in [3.05, 3.63) is 34.9 Å². The first-order valence-electron chi connectivity index (χ1n) is 5.42. The van der Waals surface area contributed by atoms with Crippen molar-refractivity contribution in [3.8, 4) is 0 Å². The predicted octanol–water partition coefficient (Wildman–Crippen LogP) is 2.79. The molecule has 0 radical (unpaired) electrons. The average Bonchev–Trinajstić information content (AvgIpc) is 2.15. The van der Waals surface area contributed by atoms with E-state index >= 15 is 0 Å². The van der Waals surface area contributed by atoms with Crippen LogP contribution in [0.1, 0.15) is 43.4 Å². The van der Waals surface area contributed by atoms with Crippen molar-refractivity contribution >= 4 is 0 Å². The van der Waals surface area contributed by atoms with Crippen LogP contribution in [0.5, 0.6) is 0 Å². The smallest absolute Gasteiger partial charge is 0.0843 e. The second-order valence-electron chi connectivity index (χ2n) is 4.71. The Morgan fingerprint density at radius 3 is 2.57 bits per heavy atom. The summed E-state index contributed by atoms with van der Waals surface area (Å²) in [5.74, 6) is 0. The standard InChI is InChI=1S/C13H18O/c1-13(2,14)12-9-5-7-10-6-3-4-8-11(10)12/h5,7,9,14H,3-4,6,8H2,1-2H3. The molecule has 0 fully saturated rings. The Balaban J connectivity index is 2.51. The van der Waals surface area contributed by atoms with Gasteiger partial charge in [0.25, 0.3) is 0 Å². The zero-order valence-corrected chi connectivity index (χ0v) is 9.01. The maximum absolute atomic E-state index is 10.0. The van der Waals surface area contributed by atoms with E-state index in [0.717, 1.165) is 12.0 Å². The van der Waals surface area contributed by atoms with Crippen LogP contribution in [0.4, 0.5) is 0 Å². The van der Waals surface area contributed by atoms with Crippen molar-refractivity contribution in [3.63, 3.8) is 0 Å². The van der Waals surface area contributed by atoms with Crippen LogP contribution < -0.4 is 0 Å². The van der Waals surface area contributed by atoms with E-state index in [1.807, 2.05) is 13.8 Å². The van der Waals surface area contributed by atoms with Crippen LogP contribution in [0.2, 0.25) is 0 Å². The van der Waals surface area contributed by atoms with Gasteiger partial charge in [-0.15, -0.1) is 0 Å². The highest BCUT2D eigenvalue weighted by atomic mass is 16.3. The van der Waals surface area contributed by atoms with Gasteiger partial charge in [0.2, 0.25) is 0 Å². The number of fused-ring (bicyclic) bond motifs is 1. The normalized spacial score (nSPS) is 16.5. The van der Waals surface area contributed by atoms with E-state index in [-0.39, 0.29) is 0 Å². The van der Waals surface area contributed by atoms with Crippen LogP contribution in [-0.2, 0) is 18.4 Å². The molecular weight excluding hydrogens is 172 g/mol. The molecule has 1 aromatic carbocycles. The first-order valence-corrected chi connectivity index (χ1v) is 5.42. The molecule has 0 amide bonds. The summed E-state index contributed by atoms with van der Waals surface area (Å²) < 4.78 is 0. The van der Waals surface area contributed by atoms with Crippen LogP contribution in [0.25, 0.3) is 0 Å². The molecule has 0 bridgehead atoms. The summed E-state index contributed by atoms with van der Waals surface area (Å²) in [6.07, 6.45) is 4.87. The molecule has 2 rings (SSSR count). The quantitative estimate of drug-likeness (QED) is 0.722. The molecular formula is C13H18O. The van der Waals surface area contributed by atoms with Gasteiger partial charge in [0.15, 0.2) is 0 Å². The van der Waals surface area contributed by atoms with Crippen molar-refractivity contribution in [1.82, 2.24) is 0 Å². The largest absolute Gasteiger partial charge is 0.386 e. The third kappa shape index (κ3) is 1.69. The fraction of sp³-hybridized carbons (Fsp3) is 0.538. The number of benzene rings is 1. The lowest BCUT2D eigenvalue weighted by molar-refractivity contribution is 0.0773. The lowest BCUT2D eigenvalue weighted by Gasteiger charge is -2.26. The van der Waals surface area contributed by atoms with E-state index in [1.165, 1.54) is 30.4 Å². The van der Waals surface area contributed by atoms with Crippen LogP contribution in [0, 0.1) is 0 Å². The number of aryl methyl sites for hydroxylation is 1. The van der Waals surface area contributed by atoms with Gasteiger partial charge in [-0.25, -0.2) is 0 Å². The molecule has 0 aliphatic heterocycles. The Hall–Kier alpha value is -0.820. The van der Waals surface area contributed by atoms with E-state index in [0.29, 0.717) is 0 Å². The molecule has 0 saturated carbocycles. The third-order valence-electron chi connectivity index (χ3n) is 3.06.